The lowest BCUT2D eigenvalue weighted by atomic mass is 10.0. The number of anilines is 1. The van der Waals surface area contributed by atoms with Crippen molar-refractivity contribution < 1.29 is 9.53 Å². The summed E-state index contributed by atoms with van der Waals surface area (Å²) in [4.78, 5) is 12.7. The topological polar surface area (TPSA) is 29.5 Å². The number of nitrogens with zero attached hydrogens (tertiary/aromatic N) is 1. The number of hydrogen-bond donors (Lipinski definition) is 0. The van der Waals surface area contributed by atoms with E-state index in [-0.39, 0.29) is 12.6 Å². The molecule has 20 heavy (non-hydrogen) atoms. The van der Waals surface area contributed by atoms with Crippen molar-refractivity contribution in [2.75, 3.05) is 18.2 Å². The first-order valence-electron chi connectivity index (χ1n) is 6.84. The number of amides is 1. The third-order valence-corrected chi connectivity index (χ3v) is 3.49. The Kier molecular flexibility index (Phi) is 7.35. The highest BCUT2D eigenvalue weighted by Crippen LogP contribution is 2.28. The van der Waals surface area contributed by atoms with E-state index in [1.54, 1.807) is 4.90 Å². The number of aryl methyl sites for hydroxylation is 2. The first-order chi connectivity index (χ1) is 9.56. The fourth-order valence-electron chi connectivity index (χ4n) is 2.10. The van der Waals surface area contributed by atoms with Gasteiger partial charge in [-0.05, 0) is 30.9 Å². The van der Waals surface area contributed by atoms with Crippen molar-refractivity contribution in [2.24, 2.45) is 0 Å². The van der Waals surface area contributed by atoms with Crippen molar-refractivity contribution in [1.82, 2.24) is 0 Å². The van der Waals surface area contributed by atoms with Crippen LogP contribution in [0.25, 0.3) is 0 Å². The van der Waals surface area contributed by atoms with E-state index in [9.17, 15) is 4.79 Å². The zero-order valence-electron chi connectivity index (χ0n) is 12.2. The molecule has 0 aromatic heterocycles. The second-order valence-corrected chi connectivity index (χ2v) is 5.42. The molecule has 3 nitrogen and oxygen atoms in total. The number of benzene rings is 1. The van der Waals surface area contributed by atoms with E-state index in [1.165, 1.54) is 0 Å². The molecule has 0 spiro atoms. The normalized spacial score (nSPS) is 10.9. The Balaban J connectivity index is 3.27. The number of carbonyl (C=O) groups excluding carboxylic acids is 1. The van der Waals surface area contributed by atoms with Gasteiger partial charge in [0.1, 0.15) is 6.73 Å². The number of alkyl halides is 2. The minimum Gasteiger partial charge on any atom is -0.361 e. The van der Waals surface area contributed by atoms with Crippen LogP contribution in [0.15, 0.2) is 18.2 Å². The minimum absolute atomic E-state index is 0.162. The van der Waals surface area contributed by atoms with Crippen molar-refractivity contribution in [3.63, 3.8) is 0 Å². The molecule has 1 amide bonds. The Morgan fingerprint density at radius 3 is 2.15 bits per heavy atom. The monoisotopic (exact) mass is 317 g/mol. The molecule has 0 aliphatic carbocycles. The van der Waals surface area contributed by atoms with Crippen molar-refractivity contribution >= 4 is 34.8 Å². The maximum atomic E-state index is 12.3. The Labute approximate surface area is 130 Å². The molecular formula is C15H21Cl2NO2. The highest BCUT2D eigenvalue weighted by molar-refractivity contribution is 6.54. The highest BCUT2D eigenvalue weighted by Gasteiger charge is 2.25. The molecule has 0 heterocycles. The molecule has 0 fully saturated rings. The summed E-state index contributed by atoms with van der Waals surface area (Å²) in [6.07, 6.45) is 1.66. The smallest absolute Gasteiger partial charge is 0.262 e. The summed E-state index contributed by atoms with van der Waals surface area (Å²) in [7, 11) is 0. The summed E-state index contributed by atoms with van der Waals surface area (Å²) >= 11 is 11.5. The number of ether oxygens (including phenoxy) is 1. The molecule has 0 saturated carbocycles. The van der Waals surface area contributed by atoms with Crippen LogP contribution in [0.1, 0.15) is 31.9 Å². The predicted octanol–water partition coefficient (Wildman–Crippen LogP) is 3.94. The molecule has 1 aromatic carbocycles. The van der Waals surface area contributed by atoms with Crippen molar-refractivity contribution in [2.45, 2.75) is 38.4 Å². The Bertz CT molecular complexity index is 427. The molecule has 1 rings (SSSR count). The third-order valence-electron chi connectivity index (χ3n) is 3.11. The van der Waals surface area contributed by atoms with Crippen molar-refractivity contribution in [1.29, 1.82) is 0 Å². The summed E-state index contributed by atoms with van der Waals surface area (Å²) in [6.45, 7) is 6.68. The first kappa shape index (κ1) is 17.3. The quantitative estimate of drug-likeness (QED) is 0.563. The molecule has 0 saturated heterocycles. The van der Waals surface area contributed by atoms with Gasteiger partial charge in [0.15, 0.2) is 4.84 Å². The van der Waals surface area contributed by atoms with E-state index >= 15 is 0 Å². The molecule has 1 aromatic rings. The van der Waals surface area contributed by atoms with Gasteiger partial charge in [0.2, 0.25) is 0 Å². The van der Waals surface area contributed by atoms with Crippen LogP contribution >= 0.6 is 23.2 Å². The number of halogens is 2. The van der Waals surface area contributed by atoms with Gasteiger partial charge in [-0.2, -0.15) is 0 Å². The van der Waals surface area contributed by atoms with E-state index in [4.69, 9.17) is 27.9 Å². The summed E-state index contributed by atoms with van der Waals surface area (Å²) < 4.78 is 5.41. The Morgan fingerprint density at radius 1 is 1.20 bits per heavy atom. The molecule has 0 aliphatic heterocycles. The average molecular weight is 318 g/mol. The van der Waals surface area contributed by atoms with Crippen LogP contribution < -0.4 is 4.90 Å². The second kappa shape index (κ2) is 8.50. The molecule has 0 radical (unpaired) electrons. The predicted molar refractivity (Wildman–Crippen MR) is 84.7 cm³/mol. The fraction of sp³-hybridized carbons (Fsp3) is 0.533. The van der Waals surface area contributed by atoms with Gasteiger partial charge in [-0.1, -0.05) is 55.2 Å². The van der Waals surface area contributed by atoms with E-state index in [0.29, 0.717) is 6.61 Å². The highest BCUT2D eigenvalue weighted by atomic mass is 35.5. The van der Waals surface area contributed by atoms with Gasteiger partial charge in [0.05, 0.1) is 5.69 Å². The van der Waals surface area contributed by atoms with Gasteiger partial charge in [-0.3, -0.25) is 9.69 Å². The lowest BCUT2D eigenvalue weighted by molar-refractivity contribution is -0.118. The maximum absolute atomic E-state index is 12.3. The molecule has 0 N–H and O–H groups in total. The van der Waals surface area contributed by atoms with Gasteiger partial charge in [0.25, 0.3) is 5.91 Å². The van der Waals surface area contributed by atoms with Gasteiger partial charge in [-0.15, -0.1) is 0 Å². The first-order valence-corrected chi connectivity index (χ1v) is 7.72. The minimum atomic E-state index is -1.09. The van der Waals surface area contributed by atoms with Gasteiger partial charge >= 0.3 is 0 Å². The molecule has 0 atom stereocenters. The van der Waals surface area contributed by atoms with Crippen LogP contribution in [0.4, 0.5) is 5.69 Å². The zero-order chi connectivity index (χ0) is 15.1. The van der Waals surface area contributed by atoms with Gasteiger partial charge < -0.3 is 4.74 Å². The lowest BCUT2D eigenvalue weighted by Gasteiger charge is -2.27. The van der Waals surface area contributed by atoms with Crippen molar-refractivity contribution in [3.8, 4) is 0 Å². The Morgan fingerprint density at radius 2 is 1.75 bits per heavy atom. The number of para-hydroxylation sites is 1. The average Bonchev–Trinajstić information content (AvgIpc) is 2.46. The van der Waals surface area contributed by atoms with E-state index < -0.39 is 4.84 Å². The Hall–Kier alpha value is -0.770. The summed E-state index contributed by atoms with van der Waals surface area (Å²) in [5, 5.41) is 0. The number of hydrogen-bond acceptors (Lipinski definition) is 2. The molecule has 5 heteroatoms. The van der Waals surface area contributed by atoms with Crippen molar-refractivity contribution in [3.05, 3.63) is 29.3 Å². The van der Waals surface area contributed by atoms with E-state index in [1.807, 2.05) is 25.1 Å². The summed E-state index contributed by atoms with van der Waals surface area (Å²) in [6, 6.07) is 6.03. The molecule has 0 aliphatic rings. The molecule has 112 valence electrons. The van der Waals surface area contributed by atoms with E-state index in [0.717, 1.165) is 29.7 Å². The fourth-order valence-corrected chi connectivity index (χ4v) is 2.34. The molecular weight excluding hydrogens is 297 g/mol. The zero-order valence-corrected chi connectivity index (χ0v) is 13.7. The number of rotatable bonds is 7. The summed E-state index contributed by atoms with van der Waals surface area (Å²) in [5.41, 5.74) is 3.06. The molecule has 0 unspecified atom stereocenters. The third kappa shape index (κ3) is 4.11. The van der Waals surface area contributed by atoms with Gasteiger partial charge in [0, 0.05) is 6.61 Å². The van der Waals surface area contributed by atoms with Crippen LogP contribution in [0.5, 0.6) is 0 Å². The standard InChI is InChI=1S/C15H21Cl2NO2/c1-4-11-8-7-9-12(5-2)13(11)18(10-20-6-3)15(19)14(16)17/h7-9,14H,4-6,10H2,1-3H3. The SMILES string of the molecule is CCOCN(C(=O)C(Cl)Cl)c1c(CC)cccc1CC. The van der Waals surface area contributed by atoms with Crippen LogP contribution in [0.2, 0.25) is 0 Å². The second-order valence-electron chi connectivity index (χ2n) is 4.32. The van der Waals surface area contributed by atoms with Crippen LogP contribution in [0.3, 0.4) is 0 Å². The number of carbonyl (C=O) groups is 1. The maximum Gasteiger partial charge on any atom is 0.262 e. The summed E-state index contributed by atoms with van der Waals surface area (Å²) in [5.74, 6) is -0.350. The lowest BCUT2D eigenvalue weighted by Crippen LogP contribution is -2.38. The van der Waals surface area contributed by atoms with Crippen LogP contribution in [0, 0.1) is 0 Å². The van der Waals surface area contributed by atoms with E-state index in [2.05, 4.69) is 13.8 Å². The van der Waals surface area contributed by atoms with Crippen LogP contribution in [-0.2, 0) is 22.4 Å². The largest absolute Gasteiger partial charge is 0.361 e. The van der Waals surface area contributed by atoms with Crippen LogP contribution in [-0.4, -0.2) is 24.1 Å². The molecule has 0 bridgehead atoms. The van der Waals surface area contributed by atoms with Gasteiger partial charge in [-0.25, -0.2) is 0 Å².